The number of carbonyl (C=O) groups excluding carboxylic acids is 1. The van der Waals surface area contributed by atoms with Crippen molar-refractivity contribution in [3.63, 3.8) is 0 Å². The average molecular weight is 178 g/mol. The molecule has 0 aromatic carbocycles. The van der Waals surface area contributed by atoms with Crippen LogP contribution in [-0.4, -0.2) is 6.29 Å². The van der Waals surface area contributed by atoms with Crippen molar-refractivity contribution < 1.29 is 4.79 Å². The molecule has 1 unspecified atom stereocenters. The molecule has 0 heterocycles. The second-order valence-electron chi connectivity index (χ2n) is 4.00. The van der Waals surface area contributed by atoms with Gasteiger partial charge in [-0.2, -0.15) is 0 Å². The third-order valence-electron chi connectivity index (χ3n) is 2.43. The van der Waals surface area contributed by atoms with Gasteiger partial charge in [-0.15, -0.1) is 0 Å². The van der Waals surface area contributed by atoms with E-state index in [1.54, 1.807) is 0 Å². The molecule has 0 spiro atoms. The van der Waals surface area contributed by atoms with Crippen LogP contribution in [-0.2, 0) is 4.79 Å². The fourth-order valence-corrected chi connectivity index (χ4v) is 1.65. The largest absolute Gasteiger partial charge is 0.303 e. The molecule has 0 N–H and O–H groups in total. The smallest absolute Gasteiger partial charge is 0.126 e. The Bertz CT molecular complexity index is 232. The Balaban J connectivity index is 2.53. The second-order valence-corrected chi connectivity index (χ2v) is 4.00. The number of allylic oxidation sites excluding steroid dienone is 4. The average Bonchev–Trinajstić information content (AvgIpc) is 2.15. The van der Waals surface area contributed by atoms with Crippen LogP contribution in [0.25, 0.3) is 0 Å². The summed E-state index contributed by atoms with van der Waals surface area (Å²) in [7, 11) is 0. The molecule has 1 rings (SSSR count). The first-order valence-corrected chi connectivity index (χ1v) is 5.00. The van der Waals surface area contributed by atoms with Crippen LogP contribution in [0.3, 0.4) is 0 Å². The van der Waals surface area contributed by atoms with Gasteiger partial charge in [0.25, 0.3) is 0 Å². The summed E-state index contributed by atoms with van der Waals surface area (Å²) >= 11 is 0. The Hall–Kier alpha value is -0.850. The molecular weight excluding hydrogens is 160 g/mol. The van der Waals surface area contributed by atoms with Crippen LogP contribution in [0, 0.1) is 5.92 Å². The molecule has 13 heavy (non-hydrogen) atoms. The lowest BCUT2D eigenvalue weighted by Gasteiger charge is -2.15. The van der Waals surface area contributed by atoms with Crippen LogP contribution >= 0.6 is 0 Å². The lowest BCUT2D eigenvalue weighted by atomic mass is 9.90. The molecule has 1 atom stereocenters. The molecule has 1 nitrogen and oxygen atoms in total. The highest BCUT2D eigenvalue weighted by Gasteiger charge is 2.11. The van der Waals surface area contributed by atoms with Crippen LogP contribution in [0.5, 0.6) is 0 Å². The van der Waals surface area contributed by atoms with Gasteiger partial charge in [0.2, 0.25) is 0 Å². The highest BCUT2D eigenvalue weighted by molar-refractivity contribution is 5.57. The predicted molar refractivity (Wildman–Crippen MR) is 55.5 cm³/mol. The van der Waals surface area contributed by atoms with E-state index in [9.17, 15) is 4.79 Å². The molecule has 1 aliphatic rings. The van der Waals surface area contributed by atoms with E-state index in [1.807, 2.05) is 0 Å². The van der Waals surface area contributed by atoms with Crippen molar-refractivity contribution in [2.75, 3.05) is 0 Å². The highest BCUT2D eigenvalue weighted by Crippen LogP contribution is 2.24. The summed E-state index contributed by atoms with van der Waals surface area (Å²) < 4.78 is 0. The van der Waals surface area contributed by atoms with Gasteiger partial charge in [0.05, 0.1) is 0 Å². The zero-order chi connectivity index (χ0) is 9.68. The van der Waals surface area contributed by atoms with Gasteiger partial charge in [0, 0.05) is 5.92 Å². The van der Waals surface area contributed by atoms with Crippen molar-refractivity contribution >= 4 is 6.29 Å². The molecule has 0 fully saturated rings. The third-order valence-corrected chi connectivity index (χ3v) is 2.43. The maximum atomic E-state index is 10.6. The van der Waals surface area contributed by atoms with Crippen molar-refractivity contribution in [3.8, 4) is 0 Å². The minimum absolute atomic E-state index is 0.189. The molecule has 0 saturated carbocycles. The minimum atomic E-state index is 0.189. The quantitative estimate of drug-likeness (QED) is 0.479. The monoisotopic (exact) mass is 178 g/mol. The molecule has 1 heteroatoms. The Morgan fingerprint density at radius 2 is 2.38 bits per heavy atom. The molecule has 0 aliphatic heterocycles. The summed E-state index contributed by atoms with van der Waals surface area (Å²) in [6.07, 6.45) is 9.88. The van der Waals surface area contributed by atoms with Crippen molar-refractivity contribution in [1.29, 1.82) is 0 Å². The zero-order valence-corrected chi connectivity index (χ0v) is 8.55. The van der Waals surface area contributed by atoms with Gasteiger partial charge in [-0.25, -0.2) is 0 Å². The van der Waals surface area contributed by atoms with Crippen molar-refractivity contribution in [3.05, 3.63) is 23.3 Å². The number of hydrogen-bond donors (Lipinski definition) is 0. The maximum absolute atomic E-state index is 10.6. The van der Waals surface area contributed by atoms with E-state index in [-0.39, 0.29) is 5.92 Å². The van der Waals surface area contributed by atoms with Crippen LogP contribution < -0.4 is 0 Å². The Labute approximate surface area is 80.5 Å². The van der Waals surface area contributed by atoms with E-state index in [4.69, 9.17) is 0 Å². The van der Waals surface area contributed by atoms with Gasteiger partial charge < -0.3 is 4.79 Å². The van der Waals surface area contributed by atoms with E-state index in [0.717, 1.165) is 19.1 Å². The molecule has 0 amide bonds. The minimum Gasteiger partial charge on any atom is -0.303 e. The predicted octanol–water partition coefficient (Wildman–Crippen LogP) is 3.27. The van der Waals surface area contributed by atoms with Crippen molar-refractivity contribution in [1.82, 2.24) is 0 Å². The highest BCUT2D eigenvalue weighted by atomic mass is 16.1. The SMILES string of the molecule is CC(C)=CCC1=CC(C=O)CCC1. The summed E-state index contributed by atoms with van der Waals surface area (Å²) in [6.45, 7) is 4.22. The van der Waals surface area contributed by atoms with Gasteiger partial charge in [-0.3, -0.25) is 0 Å². The molecule has 0 radical (unpaired) electrons. The van der Waals surface area contributed by atoms with E-state index in [0.29, 0.717) is 0 Å². The number of carbonyl (C=O) groups is 1. The zero-order valence-electron chi connectivity index (χ0n) is 8.55. The van der Waals surface area contributed by atoms with E-state index < -0.39 is 0 Å². The van der Waals surface area contributed by atoms with Crippen LogP contribution in [0.1, 0.15) is 39.5 Å². The summed E-state index contributed by atoms with van der Waals surface area (Å²) in [4.78, 5) is 10.6. The van der Waals surface area contributed by atoms with E-state index in [1.165, 1.54) is 24.0 Å². The first-order valence-electron chi connectivity index (χ1n) is 5.00. The Morgan fingerprint density at radius 3 is 3.00 bits per heavy atom. The Morgan fingerprint density at radius 1 is 1.62 bits per heavy atom. The second kappa shape index (κ2) is 5.00. The topological polar surface area (TPSA) is 17.1 Å². The van der Waals surface area contributed by atoms with Gasteiger partial charge in [0.15, 0.2) is 0 Å². The fourth-order valence-electron chi connectivity index (χ4n) is 1.65. The number of aldehydes is 1. The molecule has 72 valence electrons. The standard InChI is InChI=1S/C12H18O/c1-10(2)6-7-11-4-3-5-12(8-11)9-13/h6,8-9,12H,3-5,7H2,1-2H3. The van der Waals surface area contributed by atoms with E-state index >= 15 is 0 Å². The molecule has 1 aliphatic carbocycles. The summed E-state index contributed by atoms with van der Waals surface area (Å²) in [6, 6.07) is 0. The summed E-state index contributed by atoms with van der Waals surface area (Å²) in [5, 5.41) is 0. The van der Waals surface area contributed by atoms with Gasteiger partial charge in [0.1, 0.15) is 6.29 Å². The summed E-state index contributed by atoms with van der Waals surface area (Å²) in [5.41, 5.74) is 2.79. The number of rotatable bonds is 3. The molecule has 0 aromatic rings. The first-order chi connectivity index (χ1) is 6.22. The molecule has 0 aromatic heterocycles. The summed E-state index contributed by atoms with van der Waals surface area (Å²) in [5.74, 6) is 0.189. The Kier molecular flexibility index (Phi) is 3.94. The van der Waals surface area contributed by atoms with Crippen LogP contribution in [0.4, 0.5) is 0 Å². The maximum Gasteiger partial charge on any atom is 0.126 e. The lowest BCUT2D eigenvalue weighted by molar-refractivity contribution is -0.110. The van der Waals surface area contributed by atoms with Crippen molar-refractivity contribution in [2.45, 2.75) is 39.5 Å². The van der Waals surface area contributed by atoms with E-state index in [2.05, 4.69) is 26.0 Å². The lowest BCUT2D eigenvalue weighted by Crippen LogP contribution is -2.05. The molecule has 0 bridgehead atoms. The van der Waals surface area contributed by atoms with Gasteiger partial charge >= 0.3 is 0 Å². The molecular formula is C12H18O. The van der Waals surface area contributed by atoms with Crippen molar-refractivity contribution in [2.24, 2.45) is 5.92 Å². The van der Waals surface area contributed by atoms with Crippen LogP contribution in [0.2, 0.25) is 0 Å². The van der Waals surface area contributed by atoms with Crippen LogP contribution in [0.15, 0.2) is 23.3 Å². The normalized spacial score (nSPS) is 22.0. The van der Waals surface area contributed by atoms with Gasteiger partial charge in [-0.1, -0.05) is 23.3 Å². The molecule has 0 saturated heterocycles. The first kappa shape index (κ1) is 10.2. The number of hydrogen-bond acceptors (Lipinski definition) is 1. The fraction of sp³-hybridized carbons (Fsp3) is 0.583. The third kappa shape index (κ3) is 3.58. The van der Waals surface area contributed by atoms with Gasteiger partial charge in [-0.05, 0) is 39.5 Å².